The van der Waals surface area contributed by atoms with E-state index in [4.69, 9.17) is 4.74 Å². The predicted octanol–water partition coefficient (Wildman–Crippen LogP) is 0.788. The van der Waals surface area contributed by atoms with E-state index in [-0.39, 0.29) is 29.2 Å². The maximum absolute atomic E-state index is 13.2. The fourth-order valence-corrected chi connectivity index (χ4v) is 3.42. The van der Waals surface area contributed by atoms with E-state index in [9.17, 15) is 14.0 Å². The molecule has 1 aromatic heterocycles. The van der Waals surface area contributed by atoms with Crippen LogP contribution in [-0.2, 0) is 9.53 Å². The van der Waals surface area contributed by atoms with Crippen LogP contribution in [0.25, 0.3) is 0 Å². The van der Waals surface area contributed by atoms with Gasteiger partial charge >= 0.3 is 0 Å². The van der Waals surface area contributed by atoms with Crippen molar-refractivity contribution >= 4 is 11.8 Å². The lowest BCUT2D eigenvalue weighted by Crippen LogP contribution is -2.46. The van der Waals surface area contributed by atoms with Crippen molar-refractivity contribution in [2.75, 3.05) is 39.9 Å². The highest BCUT2D eigenvalue weighted by molar-refractivity contribution is 5.95. The maximum Gasteiger partial charge on any atom is 0.254 e. The first-order valence-electron chi connectivity index (χ1n) is 7.78. The topological polar surface area (TPSA) is 62.7 Å². The van der Waals surface area contributed by atoms with Crippen LogP contribution in [0.1, 0.15) is 16.8 Å². The molecule has 2 atom stereocenters. The molecule has 0 aromatic carbocycles. The highest BCUT2D eigenvalue weighted by Crippen LogP contribution is 2.32. The van der Waals surface area contributed by atoms with E-state index >= 15 is 0 Å². The number of pyridine rings is 1. The number of piperidine rings is 1. The van der Waals surface area contributed by atoms with Crippen LogP contribution in [0.3, 0.4) is 0 Å². The third kappa shape index (κ3) is 3.19. The lowest BCUT2D eigenvalue weighted by Gasteiger charge is -2.33. The Bertz CT molecular complexity index is 610. The van der Waals surface area contributed by atoms with Gasteiger partial charge in [0.05, 0.1) is 12.5 Å². The fourth-order valence-electron chi connectivity index (χ4n) is 3.42. The van der Waals surface area contributed by atoms with Gasteiger partial charge in [-0.1, -0.05) is 0 Å². The van der Waals surface area contributed by atoms with Crippen LogP contribution in [0, 0.1) is 17.8 Å². The summed E-state index contributed by atoms with van der Waals surface area (Å²) in [4.78, 5) is 31.9. The van der Waals surface area contributed by atoms with Crippen LogP contribution in [0.15, 0.2) is 18.3 Å². The number of amides is 2. The minimum absolute atomic E-state index is 0.0921. The van der Waals surface area contributed by atoms with Gasteiger partial charge in [0.25, 0.3) is 5.91 Å². The summed E-state index contributed by atoms with van der Waals surface area (Å²) in [7, 11) is 1.61. The van der Waals surface area contributed by atoms with Crippen molar-refractivity contribution < 1.29 is 18.7 Å². The molecule has 124 valence electrons. The average Bonchev–Trinajstić information content (AvgIpc) is 2.98. The Morgan fingerprint density at radius 1 is 1.48 bits per heavy atom. The summed E-state index contributed by atoms with van der Waals surface area (Å²) in [6.45, 7) is 2.76. The van der Waals surface area contributed by atoms with E-state index in [1.54, 1.807) is 12.0 Å². The fraction of sp³-hybridized carbons (Fsp3) is 0.562. The van der Waals surface area contributed by atoms with Crippen molar-refractivity contribution in [3.63, 3.8) is 0 Å². The van der Waals surface area contributed by atoms with Gasteiger partial charge in [-0.05, 0) is 18.4 Å². The second-order valence-electron chi connectivity index (χ2n) is 6.05. The van der Waals surface area contributed by atoms with Crippen LogP contribution in [0.5, 0.6) is 0 Å². The summed E-state index contributed by atoms with van der Waals surface area (Å²) in [5, 5.41) is 0. The number of fused-ring (bicyclic) bond motifs is 1. The highest BCUT2D eigenvalue weighted by Gasteiger charge is 2.44. The summed E-state index contributed by atoms with van der Waals surface area (Å²) < 4.78 is 18.2. The zero-order valence-electron chi connectivity index (χ0n) is 13.1. The molecule has 0 spiro atoms. The van der Waals surface area contributed by atoms with Gasteiger partial charge in [-0.3, -0.25) is 9.59 Å². The number of halogens is 1. The number of aromatic nitrogens is 1. The molecule has 3 heterocycles. The molecular formula is C16H20FN3O3. The van der Waals surface area contributed by atoms with Gasteiger partial charge in [0.15, 0.2) is 0 Å². The molecule has 0 bridgehead atoms. The highest BCUT2D eigenvalue weighted by atomic mass is 19.1. The van der Waals surface area contributed by atoms with Crippen LogP contribution < -0.4 is 0 Å². The number of carbonyl (C=O) groups is 2. The molecule has 6 nitrogen and oxygen atoms in total. The maximum atomic E-state index is 13.2. The molecule has 2 aliphatic heterocycles. The van der Waals surface area contributed by atoms with Crippen LogP contribution in [-0.4, -0.2) is 66.5 Å². The van der Waals surface area contributed by atoms with Crippen molar-refractivity contribution in [3.05, 3.63) is 29.8 Å². The van der Waals surface area contributed by atoms with Crippen molar-refractivity contribution in [1.82, 2.24) is 14.8 Å². The number of likely N-dealkylation sites (tertiary alicyclic amines) is 2. The molecular weight excluding hydrogens is 301 g/mol. The summed E-state index contributed by atoms with van der Waals surface area (Å²) in [6.07, 6.45) is 2.16. The minimum Gasteiger partial charge on any atom is -0.383 e. The van der Waals surface area contributed by atoms with Crippen molar-refractivity contribution in [2.24, 2.45) is 11.8 Å². The molecule has 3 rings (SSSR count). The Labute approximate surface area is 134 Å². The standard InChI is InChI=1S/C16H20FN3O3/c1-23-7-6-19-5-3-12-9-20(10-13(12)16(19)22)15(21)11-2-4-18-14(17)8-11/h2,4,8,12-13H,3,5-7,9-10H2,1H3/t12-,13+/m1/s1. The van der Waals surface area contributed by atoms with Gasteiger partial charge in [-0.2, -0.15) is 4.39 Å². The third-order valence-electron chi connectivity index (χ3n) is 4.67. The molecule has 7 heteroatoms. The first-order chi connectivity index (χ1) is 11.1. The van der Waals surface area contributed by atoms with Gasteiger partial charge in [0.2, 0.25) is 11.9 Å². The molecule has 2 amide bonds. The van der Waals surface area contributed by atoms with Gasteiger partial charge < -0.3 is 14.5 Å². The zero-order valence-corrected chi connectivity index (χ0v) is 13.1. The smallest absolute Gasteiger partial charge is 0.254 e. The second kappa shape index (κ2) is 6.62. The van der Waals surface area contributed by atoms with Crippen molar-refractivity contribution in [3.8, 4) is 0 Å². The van der Waals surface area contributed by atoms with Crippen molar-refractivity contribution in [2.45, 2.75) is 6.42 Å². The Morgan fingerprint density at radius 3 is 3.04 bits per heavy atom. The van der Waals surface area contributed by atoms with Gasteiger partial charge in [0, 0.05) is 51.1 Å². The molecule has 0 radical (unpaired) electrons. The number of hydrogen-bond donors (Lipinski definition) is 0. The van der Waals surface area contributed by atoms with E-state index in [0.29, 0.717) is 32.8 Å². The van der Waals surface area contributed by atoms with Gasteiger partial charge in [0.1, 0.15) is 0 Å². The second-order valence-corrected chi connectivity index (χ2v) is 6.05. The lowest BCUT2D eigenvalue weighted by molar-refractivity contribution is -0.140. The van der Waals surface area contributed by atoms with Crippen LogP contribution >= 0.6 is 0 Å². The summed E-state index contributed by atoms with van der Waals surface area (Å²) in [5.74, 6) is -0.783. The Morgan fingerprint density at radius 2 is 2.30 bits per heavy atom. The molecule has 0 unspecified atom stereocenters. The number of methoxy groups -OCH3 is 1. The molecule has 1 aromatic rings. The molecule has 2 aliphatic rings. The average molecular weight is 321 g/mol. The quantitative estimate of drug-likeness (QED) is 0.769. The predicted molar refractivity (Wildman–Crippen MR) is 80.2 cm³/mol. The summed E-state index contributed by atoms with van der Waals surface area (Å²) in [5.41, 5.74) is 0.278. The molecule has 0 aliphatic carbocycles. The Balaban J connectivity index is 1.68. The Hall–Kier alpha value is -2.02. The first-order valence-corrected chi connectivity index (χ1v) is 7.78. The van der Waals surface area contributed by atoms with Crippen LogP contribution in [0.2, 0.25) is 0 Å². The molecule has 0 saturated carbocycles. The molecule has 23 heavy (non-hydrogen) atoms. The largest absolute Gasteiger partial charge is 0.383 e. The monoisotopic (exact) mass is 321 g/mol. The molecule has 2 fully saturated rings. The first kappa shape index (κ1) is 15.9. The number of carbonyl (C=O) groups excluding carboxylic acids is 2. The zero-order chi connectivity index (χ0) is 16.4. The summed E-state index contributed by atoms with van der Waals surface area (Å²) >= 11 is 0. The lowest BCUT2D eigenvalue weighted by atomic mass is 9.88. The SMILES string of the molecule is COCCN1CC[C@@H]2CN(C(=O)c3ccnc(F)c3)C[C@@H]2C1=O. The van der Waals surface area contributed by atoms with Gasteiger partial charge in [-0.15, -0.1) is 0 Å². The minimum atomic E-state index is -0.672. The number of hydrogen-bond acceptors (Lipinski definition) is 4. The number of nitrogens with zero attached hydrogens (tertiary/aromatic N) is 3. The molecule has 0 N–H and O–H groups in total. The van der Waals surface area contributed by atoms with Gasteiger partial charge in [-0.25, -0.2) is 4.98 Å². The van der Waals surface area contributed by atoms with E-state index < -0.39 is 5.95 Å². The van der Waals surface area contributed by atoms with Crippen molar-refractivity contribution in [1.29, 1.82) is 0 Å². The Kier molecular flexibility index (Phi) is 4.56. The van der Waals surface area contributed by atoms with E-state index in [1.807, 2.05) is 4.90 Å². The normalized spacial score (nSPS) is 24.0. The number of rotatable bonds is 4. The van der Waals surface area contributed by atoms with E-state index in [2.05, 4.69) is 4.98 Å². The third-order valence-corrected chi connectivity index (χ3v) is 4.67. The van der Waals surface area contributed by atoms with Crippen LogP contribution in [0.4, 0.5) is 4.39 Å². The summed E-state index contributed by atoms with van der Waals surface area (Å²) in [6, 6.07) is 2.64. The number of ether oxygens (including phenoxy) is 1. The van der Waals surface area contributed by atoms with E-state index in [1.165, 1.54) is 12.3 Å². The molecule has 2 saturated heterocycles. The van der Waals surface area contributed by atoms with E-state index in [0.717, 1.165) is 12.5 Å².